The minimum Gasteiger partial charge on any atom is -0.308 e. The number of carbonyl (C=O) groups is 1. The molecule has 1 aromatic carbocycles. The molecule has 0 aliphatic heterocycles. The molecular formula is C13H15FN4O. The molecule has 0 atom stereocenters. The van der Waals surface area contributed by atoms with E-state index in [0.29, 0.717) is 11.5 Å². The third-order valence-electron chi connectivity index (χ3n) is 2.48. The highest BCUT2D eigenvalue weighted by Crippen LogP contribution is 2.14. The summed E-state index contributed by atoms with van der Waals surface area (Å²) < 4.78 is 14.7. The first kappa shape index (κ1) is 13.1. The van der Waals surface area contributed by atoms with Gasteiger partial charge in [0.05, 0.1) is 6.20 Å². The van der Waals surface area contributed by atoms with Gasteiger partial charge in [0.15, 0.2) is 0 Å². The Kier molecular flexibility index (Phi) is 3.79. The fourth-order valence-corrected chi connectivity index (χ4v) is 1.67. The minimum absolute atomic E-state index is 0.138. The first-order valence-electron chi connectivity index (χ1n) is 5.93. The Bertz CT molecular complexity index is 580. The number of hydrogen-bond donors (Lipinski definition) is 2. The predicted octanol–water partition coefficient (Wildman–Crippen LogP) is 3.25. The van der Waals surface area contributed by atoms with Crippen molar-refractivity contribution in [2.24, 2.45) is 0 Å². The van der Waals surface area contributed by atoms with E-state index >= 15 is 0 Å². The van der Waals surface area contributed by atoms with Crippen LogP contribution in [-0.4, -0.2) is 15.8 Å². The lowest BCUT2D eigenvalue weighted by Crippen LogP contribution is -2.22. The summed E-state index contributed by atoms with van der Waals surface area (Å²) in [5.41, 5.74) is 0.396. The number of hydrogen-bond acceptors (Lipinski definition) is 2. The second-order valence-corrected chi connectivity index (χ2v) is 4.34. The molecule has 0 fully saturated rings. The van der Waals surface area contributed by atoms with Crippen molar-refractivity contribution in [2.45, 2.75) is 19.9 Å². The third kappa shape index (κ3) is 3.31. The van der Waals surface area contributed by atoms with Gasteiger partial charge in [-0.3, -0.25) is 5.32 Å². The maximum Gasteiger partial charge on any atom is 0.324 e. The predicted molar refractivity (Wildman–Crippen MR) is 71.7 cm³/mol. The molecule has 1 aromatic heterocycles. The largest absolute Gasteiger partial charge is 0.324 e. The highest BCUT2D eigenvalue weighted by atomic mass is 19.1. The van der Waals surface area contributed by atoms with Crippen molar-refractivity contribution in [3.05, 3.63) is 42.3 Å². The van der Waals surface area contributed by atoms with Gasteiger partial charge in [0.2, 0.25) is 0 Å². The lowest BCUT2D eigenvalue weighted by atomic mass is 10.3. The quantitative estimate of drug-likeness (QED) is 0.892. The number of amides is 2. The van der Waals surface area contributed by atoms with Crippen LogP contribution in [0.1, 0.15) is 19.9 Å². The highest BCUT2D eigenvalue weighted by molar-refractivity contribution is 5.99. The van der Waals surface area contributed by atoms with Crippen LogP contribution in [0.4, 0.5) is 20.7 Å². The molecule has 0 unspecified atom stereocenters. The van der Waals surface area contributed by atoms with Gasteiger partial charge in [0.25, 0.3) is 0 Å². The van der Waals surface area contributed by atoms with Crippen LogP contribution in [0.2, 0.25) is 0 Å². The molecular weight excluding hydrogens is 247 g/mol. The van der Waals surface area contributed by atoms with E-state index in [-0.39, 0.29) is 6.04 Å². The van der Waals surface area contributed by atoms with Crippen LogP contribution in [0.25, 0.3) is 0 Å². The van der Waals surface area contributed by atoms with Crippen molar-refractivity contribution < 1.29 is 9.18 Å². The number of halogens is 1. The Labute approximate surface area is 110 Å². The lowest BCUT2D eigenvalue weighted by Gasteiger charge is -2.12. The SMILES string of the molecule is CC(C)n1nccc1NC(=O)Nc1cccc(F)c1. The van der Waals surface area contributed by atoms with Crippen molar-refractivity contribution in [3.63, 3.8) is 0 Å². The monoisotopic (exact) mass is 262 g/mol. The Morgan fingerprint density at radius 2 is 2.11 bits per heavy atom. The molecule has 6 heteroatoms. The zero-order chi connectivity index (χ0) is 13.8. The molecule has 0 aliphatic carbocycles. The average molecular weight is 262 g/mol. The number of carbonyl (C=O) groups excluding carboxylic acids is 1. The van der Waals surface area contributed by atoms with E-state index in [4.69, 9.17) is 0 Å². The van der Waals surface area contributed by atoms with E-state index in [2.05, 4.69) is 15.7 Å². The summed E-state index contributed by atoms with van der Waals surface area (Å²) >= 11 is 0. The van der Waals surface area contributed by atoms with E-state index < -0.39 is 11.8 Å². The van der Waals surface area contributed by atoms with Crippen LogP contribution in [0, 0.1) is 5.82 Å². The molecule has 2 rings (SSSR count). The summed E-state index contributed by atoms with van der Waals surface area (Å²) in [6.07, 6.45) is 1.61. The molecule has 100 valence electrons. The standard InChI is InChI=1S/C13H15FN4O/c1-9(2)18-12(6-7-15-18)17-13(19)16-11-5-3-4-10(14)8-11/h3-9H,1-2H3,(H2,16,17,19). The van der Waals surface area contributed by atoms with Gasteiger partial charge in [-0.15, -0.1) is 0 Å². The molecule has 2 N–H and O–H groups in total. The zero-order valence-electron chi connectivity index (χ0n) is 10.7. The smallest absolute Gasteiger partial charge is 0.308 e. The molecule has 19 heavy (non-hydrogen) atoms. The van der Waals surface area contributed by atoms with Gasteiger partial charge < -0.3 is 5.32 Å². The molecule has 2 amide bonds. The van der Waals surface area contributed by atoms with E-state index in [1.165, 1.54) is 18.2 Å². The van der Waals surface area contributed by atoms with Crippen molar-refractivity contribution in [3.8, 4) is 0 Å². The Morgan fingerprint density at radius 3 is 2.79 bits per heavy atom. The average Bonchev–Trinajstić information content (AvgIpc) is 2.76. The molecule has 0 radical (unpaired) electrons. The summed E-state index contributed by atoms with van der Waals surface area (Å²) in [7, 11) is 0. The summed E-state index contributed by atoms with van der Waals surface area (Å²) in [5.74, 6) is 0.189. The van der Waals surface area contributed by atoms with Crippen LogP contribution in [0.15, 0.2) is 36.5 Å². The molecule has 0 saturated carbocycles. The molecule has 5 nitrogen and oxygen atoms in total. The molecule has 0 bridgehead atoms. The minimum atomic E-state index is -0.437. The number of nitrogens with zero attached hydrogens (tertiary/aromatic N) is 2. The fourth-order valence-electron chi connectivity index (χ4n) is 1.67. The number of urea groups is 1. The van der Waals surface area contributed by atoms with Crippen molar-refractivity contribution >= 4 is 17.5 Å². The summed E-state index contributed by atoms with van der Waals surface area (Å²) in [6.45, 7) is 3.92. The first-order valence-corrected chi connectivity index (χ1v) is 5.93. The number of anilines is 2. The lowest BCUT2D eigenvalue weighted by molar-refractivity contribution is 0.262. The second-order valence-electron chi connectivity index (χ2n) is 4.34. The van der Waals surface area contributed by atoms with Crippen LogP contribution in [0.5, 0.6) is 0 Å². The van der Waals surface area contributed by atoms with Crippen molar-refractivity contribution in [1.82, 2.24) is 9.78 Å². The maximum atomic E-state index is 13.0. The maximum absolute atomic E-state index is 13.0. The topological polar surface area (TPSA) is 59.0 Å². The second kappa shape index (κ2) is 5.51. The number of benzene rings is 1. The number of aromatic nitrogens is 2. The number of nitrogens with one attached hydrogen (secondary N) is 2. The van der Waals surface area contributed by atoms with Crippen LogP contribution in [0.3, 0.4) is 0 Å². The Morgan fingerprint density at radius 1 is 1.32 bits per heavy atom. The van der Waals surface area contributed by atoms with Crippen molar-refractivity contribution in [2.75, 3.05) is 10.6 Å². The number of rotatable bonds is 3. The highest BCUT2D eigenvalue weighted by Gasteiger charge is 2.09. The fraction of sp³-hybridized carbons (Fsp3) is 0.231. The molecule has 1 heterocycles. The molecule has 0 aliphatic rings. The van der Waals surface area contributed by atoms with E-state index in [0.717, 1.165) is 0 Å². The van der Waals surface area contributed by atoms with Gasteiger partial charge in [0, 0.05) is 17.8 Å². The van der Waals surface area contributed by atoms with E-state index in [1.54, 1.807) is 23.0 Å². The van der Waals surface area contributed by atoms with Gasteiger partial charge in [-0.05, 0) is 32.0 Å². The van der Waals surface area contributed by atoms with Gasteiger partial charge in [-0.2, -0.15) is 5.10 Å². The van der Waals surface area contributed by atoms with Crippen LogP contribution in [-0.2, 0) is 0 Å². The zero-order valence-corrected chi connectivity index (χ0v) is 10.7. The molecule has 0 spiro atoms. The van der Waals surface area contributed by atoms with Gasteiger partial charge >= 0.3 is 6.03 Å². The Hall–Kier alpha value is -2.37. The first-order chi connectivity index (χ1) is 9.06. The Balaban J connectivity index is 2.03. The summed E-state index contributed by atoms with van der Waals surface area (Å²) in [5, 5.41) is 9.33. The van der Waals surface area contributed by atoms with Crippen LogP contribution >= 0.6 is 0 Å². The van der Waals surface area contributed by atoms with Crippen molar-refractivity contribution in [1.29, 1.82) is 0 Å². The molecule has 2 aromatic rings. The summed E-state index contributed by atoms with van der Waals surface area (Å²) in [4.78, 5) is 11.8. The van der Waals surface area contributed by atoms with Crippen LogP contribution < -0.4 is 10.6 Å². The molecule has 0 saturated heterocycles. The van der Waals surface area contributed by atoms with E-state index in [1.807, 2.05) is 13.8 Å². The van der Waals surface area contributed by atoms with E-state index in [9.17, 15) is 9.18 Å². The normalized spacial score (nSPS) is 10.5. The third-order valence-corrected chi connectivity index (χ3v) is 2.48. The van der Waals surface area contributed by atoms with Gasteiger partial charge in [0.1, 0.15) is 11.6 Å². The van der Waals surface area contributed by atoms with Gasteiger partial charge in [-0.25, -0.2) is 13.9 Å². The summed E-state index contributed by atoms with van der Waals surface area (Å²) in [6, 6.07) is 7.11. The van der Waals surface area contributed by atoms with Gasteiger partial charge in [-0.1, -0.05) is 6.07 Å².